The Balaban J connectivity index is 2.44. The van der Waals surface area contributed by atoms with E-state index >= 15 is 0 Å². The molecule has 1 fully saturated rings. The summed E-state index contributed by atoms with van der Waals surface area (Å²) in [6, 6.07) is 0.666. The van der Waals surface area contributed by atoms with Crippen LogP contribution in [0.15, 0.2) is 0 Å². The highest BCUT2D eigenvalue weighted by atomic mass is 16.5. The number of hydrogen-bond acceptors (Lipinski definition) is 3. The Morgan fingerprint density at radius 1 is 1.29 bits per heavy atom. The molecule has 0 radical (unpaired) electrons. The lowest BCUT2D eigenvalue weighted by atomic mass is 9.76. The average Bonchev–Trinajstić information content (AvgIpc) is 2.38. The van der Waals surface area contributed by atoms with E-state index in [2.05, 4.69) is 25.8 Å². The zero-order chi connectivity index (χ0) is 12.7. The van der Waals surface area contributed by atoms with Crippen LogP contribution in [-0.4, -0.2) is 44.3 Å². The summed E-state index contributed by atoms with van der Waals surface area (Å²) in [5, 5.41) is 0. The third-order valence-corrected chi connectivity index (χ3v) is 4.30. The Bertz CT molecular complexity index is 199. The molecule has 0 bridgehead atoms. The van der Waals surface area contributed by atoms with Crippen molar-refractivity contribution in [2.75, 3.05) is 33.4 Å². The Labute approximate surface area is 107 Å². The standard InChI is InChI=1S/C14H30N2O/c1-4-12-6-7-13(11-15)14(10-12)16(3)8-9-17-5-2/h12-14H,4-11,15H2,1-3H3. The van der Waals surface area contributed by atoms with Gasteiger partial charge in [0.15, 0.2) is 0 Å². The van der Waals surface area contributed by atoms with Crippen LogP contribution in [0.4, 0.5) is 0 Å². The van der Waals surface area contributed by atoms with Crippen LogP contribution < -0.4 is 5.73 Å². The molecule has 0 spiro atoms. The van der Waals surface area contributed by atoms with E-state index in [4.69, 9.17) is 10.5 Å². The molecule has 1 aliphatic rings. The zero-order valence-corrected chi connectivity index (χ0v) is 11.8. The van der Waals surface area contributed by atoms with Crippen molar-refractivity contribution in [3.63, 3.8) is 0 Å². The highest BCUT2D eigenvalue weighted by Crippen LogP contribution is 2.32. The molecule has 3 heteroatoms. The van der Waals surface area contributed by atoms with E-state index in [9.17, 15) is 0 Å². The highest BCUT2D eigenvalue weighted by molar-refractivity contribution is 4.86. The van der Waals surface area contributed by atoms with E-state index in [0.717, 1.165) is 32.2 Å². The molecule has 0 aliphatic heterocycles. The lowest BCUT2D eigenvalue weighted by Crippen LogP contribution is -2.46. The van der Waals surface area contributed by atoms with Crippen LogP contribution in [0.5, 0.6) is 0 Å². The Morgan fingerprint density at radius 2 is 2.06 bits per heavy atom. The second kappa shape index (κ2) is 8.06. The number of nitrogens with zero attached hydrogens (tertiary/aromatic N) is 1. The van der Waals surface area contributed by atoms with Crippen LogP contribution in [0.3, 0.4) is 0 Å². The van der Waals surface area contributed by atoms with E-state index in [1.165, 1.54) is 25.7 Å². The van der Waals surface area contributed by atoms with Gasteiger partial charge in [0.25, 0.3) is 0 Å². The molecule has 1 rings (SSSR count). The van der Waals surface area contributed by atoms with Gasteiger partial charge in [0.1, 0.15) is 0 Å². The van der Waals surface area contributed by atoms with Crippen molar-refractivity contribution in [3.05, 3.63) is 0 Å². The third-order valence-electron chi connectivity index (χ3n) is 4.30. The van der Waals surface area contributed by atoms with Gasteiger partial charge in [-0.15, -0.1) is 0 Å². The van der Waals surface area contributed by atoms with Crippen LogP contribution in [0.25, 0.3) is 0 Å². The van der Waals surface area contributed by atoms with Gasteiger partial charge in [-0.1, -0.05) is 19.8 Å². The summed E-state index contributed by atoms with van der Waals surface area (Å²) in [7, 11) is 2.23. The van der Waals surface area contributed by atoms with Crippen molar-refractivity contribution in [3.8, 4) is 0 Å². The van der Waals surface area contributed by atoms with Crippen LogP contribution in [0.2, 0.25) is 0 Å². The fourth-order valence-electron chi connectivity index (χ4n) is 3.00. The number of nitrogens with two attached hydrogens (primary N) is 1. The van der Waals surface area contributed by atoms with Crippen LogP contribution >= 0.6 is 0 Å². The number of ether oxygens (including phenoxy) is 1. The summed E-state index contributed by atoms with van der Waals surface area (Å²) < 4.78 is 5.44. The first-order chi connectivity index (χ1) is 8.22. The molecule has 3 atom stereocenters. The van der Waals surface area contributed by atoms with Crippen LogP contribution in [-0.2, 0) is 4.74 Å². The second-order valence-electron chi connectivity index (χ2n) is 5.33. The highest BCUT2D eigenvalue weighted by Gasteiger charge is 2.31. The minimum Gasteiger partial charge on any atom is -0.380 e. The number of rotatable bonds is 7. The molecule has 0 saturated heterocycles. The maximum atomic E-state index is 5.92. The van der Waals surface area contributed by atoms with Crippen molar-refractivity contribution in [1.82, 2.24) is 4.90 Å². The van der Waals surface area contributed by atoms with Crippen LogP contribution in [0.1, 0.15) is 39.5 Å². The van der Waals surface area contributed by atoms with Gasteiger partial charge in [-0.3, -0.25) is 0 Å². The van der Waals surface area contributed by atoms with E-state index in [0.29, 0.717) is 12.0 Å². The smallest absolute Gasteiger partial charge is 0.0593 e. The maximum absolute atomic E-state index is 5.92. The molecule has 17 heavy (non-hydrogen) atoms. The Kier molecular flexibility index (Phi) is 7.09. The monoisotopic (exact) mass is 242 g/mol. The quantitative estimate of drug-likeness (QED) is 0.695. The molecule has 0 heterocycles. The lowest BCUT2D eigenvalue weighted by Gasteiger charge is -2.40. The normalized spacial score (nSPS) is 29.8. The molecule has 0 aromatic heterocycles. The van der Waals surface area contributed by atoms with E-state index in [-0.39, 0.29) is 0 Å². The Hall–Kier alpha value is -0.120. The van der Waals surface area contributed by atoms with Crippen molar-refractivity contribution in [2.24, 2.45) is 17.6 Å². The van der Waals surface area contributed by atoms with E-state index in [1.54, 1.807) is 0 Å². The van der Waals surface area contributed by atoms with E-state index < -0.39 is 0 Å². The summed E-state index contributed by atoms with van der Waals surface area (Å²) in [5.41, 5.74) is 5.92. The molecule has 2 N–H and O–H groups in total. The van der Waals surface area contributed by atoms with Gasteiger partial charge < -0.3 is 15.4 Å². The summed E-state index contributed by atoms with van der Waals surface area (Å²) in [5.74, 6) is 1.58. The molecule has 1 saturated carbocycles. The molecular formula is C14H30N2O. The van der Waals surface area contributed by atoms with Gasteiger partial charge >= 0.3 is 0 Å². The predicted molar refractivity (Wildman–Crippen MR) is 73.1 cm³/mol. The summed E-state index contributed by atoms with van der Waals surface area (Å²) in [4.78, 5) is 2.47. The third kappa shape index (κ3) is 4.57. The van der Waals surface area contributed by atoms with Crippen molar-refractivity contribution in [2.45, 2.75) is 45.6 Å². The summed E-state index contributed by atoms with van der Waals surface area (Å²) in [6.07, 6.45) is 5.31. The zero-order valence-electron chi connectivity index (χ0n) is 11.8. The molecule has 0 aromatic carbocycles. The predicted octanol–water partition coefficient (Wildman–Crippen LogP) is 2.11. The second-order valence-corrected chi connectivity index (χ2v) is 5.33. The molecule has 3 nitrogen and oxygen atoms in total. The van der Waals surface area contributed by atoms with Gasteiger partial charge in [-0.25, -0.2) is 0 Å². The number of likely N-dealkylation sites (N-methyl/N-ethyl adjacent to an activating group) is 1. The molecule has 0 aromatic rings. The topological polar surface area (TPSA) is 38.5 Å². The van der Waals surface area contributed by atoms with Crippen molar-refractivity contribution < 1.29 is 4.74 Å². The first-order valence-corrected chi connectivity index (χ1v) is 7.20. The van der Waals surface area contributed by atoms with E-state index in [1.807, 2.05) is 0 Å². The average molecular weight is 242 g/mol. The molecular weight excluding hydrogens is 212 g/mol. The SMILES string of the molecule is CCOCCN(C)C1CC(CC)CCC1CN. The number of hydrogen-bond donors (Lipinski definition) is 1. The molecule has 1 aliphatic carbocycles. The lowest BCUT2D eigenvalue weighted by molar-refractivity contribution is 0.0634. The van der Waals surface area contributed by atoms with Crippen LogP contribution in [0, 0.1) is 11.8 Å². The minimum absolute atomic E-state index is 0.666. The fraction of sp³-hybridized carbons (Fsp3) is 1.00. The van der Waals surface area contributed by atoms with Gasteiger partial charge in [-0.05, 0) is 45.2 Å². The van der Waals surface area contributed by atoms with Gasteiger partial charge in [0.2, 0.25) is 0 Å². The summed E-state index contributed by atoms with van der Waals surface area (Å²) >= 11 is 0. The Morgan fingerprint density at radius 3 is 2.65 bits per heavy atom. The molecule has 0 amide bonds. The van der Waals surface area contributed by atoms with Crippen molar-refractivity contribution in [1.29, 1.82) is 0 Å². The van der Waals surface area contributed by atoms with Gasteiger partial charge in [-0.2, -0.15) is 0 Å². The summed E-state index contributed by atoms with van der Waals surface area (Å²) in [6.45, 7) is 7.89. The minimum atomic E-state index is 0.666. The first-order valence-electron chi connectivity index (χ1n) is 7.20. The molecule has 102 valence electrons. The molecule has 3 unspecified atom stereocenters. The van der Waals surface area contributed by atoms with Gasteiger partial charge in [0, 0.05) is 19.2 Å². The largest absolute Gasteiger partial charge is 0.380 e. The maximum Gasteiger partial charge on any atom is 0.0593 e. The van der Waals surface area contributed by atoms with Gasteiger partial charge in [0.05, 0.1) is 6.61 Å². The first kappa shape index (κ1) is 14.9. The fourth-order valence-corrected chi connectivity index (χ4v) is 3.00. The van der Waals surface area contributed by atoms with Crippen molar-refractivity contribution >= 4 is 0 Å².